The van der Waals surface area contributed by atoms with E-state index in [1.807, 2.05) is 0 Å². The summed E-state index contributed by atoms with van der Waals surface area (Å²) in [5, 5.41) is 8.31. The summed E-state index contributed by atoms with van der Waals surface area (Å²) >= 11 is 7.36. The van der Waals surface area contributed by atoms with E-state index in [1.54, 1.807) is 54.6 Å². The van der Waals surface area contributed by atoms with Crippen molar-refractivity contribution in [3.05, 3.63) is 59.6 Å². The standard InChI is InChI=1S/C30H27ClN4O7S/c1-16(36)35-22(14-21(34-35)18-11-25(39-3)29(41-5)26(12-18)40-4)17-6-9-23(38-2)24(10-17)42-15-28(37)33-30-32-20-8-7-19(31)13-27(20)43-30/h6-14H,15H2,1-5H3,(H,32,33,37). The molecule has 1 N–H and O–H groups in total. The minimum absolute atomic E-state index is 0.302. The molecule has 0 unspecified atom stereocenters. The van der Waals surface area contributed by atoms with E-state index in [4.69, 9.17) is 35.3 Å². The van der Waals surface area contributed by atoms with Crippen LogP contribution in [0.1, 0.15) is 11.7 Å². The van der Waals surface area contributed by atoms with E-state index in [1.165, 1.54) is 51.4 Å². The maximum atomic E-state index is 12.7. The summed E-state index contributed by atoms with van der Waals surface area (Å²) in [4.78, 5) is 29.7. The molecule has 11 nitrogen and oxygen atoms in total. The Morgan fingerprint density at radius 2 is 1.56 bits per heavy atom. The molecule has 0 spiro atoms. The summed E-state index contributed by atoms with van der Waals surface area (Å²) in [6, 6.07) is 15.7. The van der Waals surface area contributed by atoms with Crippen LogP contribution in [0.25, 0.3) is 32.7 Å². The average Bonchev–Trinajstić information content (AvgIpc) is 3.63. The van der Waals surface area contributed by atoms with Crippen LogP contribution in [0.2, 0.25) is 5.02 Å². The summed E-state index contributed by atoms with van der Waals surface area (Å²) in [6.45, 7) is 1.11. The molecule has 5 rings (SSSR count). The predicted molar refractivity (Wildman–Crippen MR) is 164 cm³/mol. The molecule has 3 aromatic carbocycles. The van der Waals surface area contributed by atoms with Crippen LogP contribution >= 0.6 is 22.9 Å². The zero-order valence-corrected chi connectivity index (χ0v) is 25.5. The Bertz CT molecular complexity index is 1810. The Hall–Kier alpha value is -4.81. The van der Waals surface area contributed by atoms with Gasteiger partial charge >= 0.3 is 0 Å². The highest BCUT2D eigenvalue weighted by molar-refractivity contribution is 7.22. The van der Waals surface area contributed by atoms with Crippen molar-refractivity contribution >= 4 is 50.1 Å². The first-order valence-corrected chi connectivity index (χ1v) is 14.0. The van der Waals surface area contributed by atoms with Crippen LogP contribution < -0.4 is 29.0 Å². The number of hydrogen-bond donors (Lipinski definition) is 1. The smallest absolute Gasteiger partial charge is 0.264 e. The van der Waals surface area contributed by atoms with Gasteiger partial charge in [-0.1, -0.05) is 22.9 Å². The number of hydrogen-bond acceptors (Lipinski definition) is 10. The molecular weight excluding hydrogens is 596 g/mol. The maximum absolute atomic E-state index is 12.7. The topological polar surface area (TPSA) is 123 Å². The molecule has 0 fully saturated rings. The fourth-order valence-electron chi connectivity index (χ4n) is 4.40. The van der Waals surface area contributed by atoms with Gasteiger partial charge in [0.2, 0.25) is 11.7 Å². The average molecular weight is 623 g/mol. The van der Waals surface area contributed by atoms with Gasteiger partial charge < -0.3 is 23.7 Å². The molecule has 0 aliphatic carbocycles. The minimum atomic E-state index is -0.406. The normalized spacial score (nSPS) is 10.8. The number of aromatic nitrogens is 3. The molecule has 5 aromatic rings. The molecule has 43 heavy (non-hydrogen) atoms. The Kier molecular flexibility index (Phi) is 8.69. The lowest BCUT2D eigenvalue weighted by molar-refractivity contribution is -0.118. The first-order chi connectivity index (χ1) is 20.7. The number of ether oxygens (including phenoxy) is 5. The Morgan fingerprint density at radius 1 is 0.860 bits per heavy atom. The summed E-state index contributed by atoms with van der Waals surface area (Å²) in [5.41, 5.74) is 2.99. The number of nitrogens with one attached hydrogen (secondary N) is 1. The molecule has 0 saturated carbocycles. The second-order valence-electron chi connectivity index (χ2n) is 9.09. The number of methoxy groups -OCH3 is 4. The molecule has 2 heterocycles. The van der Waals surface area contributed by atoms with E-state index in [0.29, 0.717) is 61.4 Å². The van der Waals surface area contributed by atoms with E-state index >= 15 is 0 Å². The molecular formula is C30H27ClN4O7S. The Labute approximate surface area is 255 Å². The highest BCUT2D eigenvalue weighted by atomic mass is 35.5. The molecule has 222 valence electrons. The number of thiazole rings is 1. The Morgan fingerprint density at radius 3 is 2.21 bits per heavy atom. The third kappa shape index (κ3) is 6.20. The van der Waals surface area contributed by atoms with Crippen LogP contribution in [0.5, 0.6) is 28.7 Å². The zero-order chi connectivity index (χ0) is 30.7. The van der Waals surface area contributed by atoms with Crippen molar-refractivity contribution in [3.8, 4) is 51.3 Å². The van der Waals surface area contributed by atoms with Gasteiger partial charge in [-0.05, 0) is 54.6 Å². The van der Waals surface area contributed by atoms with E-state index in [0.717, 1.165) is 10.2 Å². The summed E-state index contributed by atoms with van der Waals surface area (Å²) in [5.74, 6) is 1.34. The summed E-state index contributed by atoms with van der Waals surface area (Å²) < 4.78 is 29.8. The third-order valence-electron chi connectivity index (χ3n) is 6.38. The molecule has 0 saturated heterocycles. The molecule has 2 aromatic heterocycles. The number of carbonyl (C=O) groups is 2. The molecule has 0 bridgehead atoms. The number of fused-ring (bicyclic) bond motifs is 1. The van der Waals surface area contributed by atoms with Crippen LogP contribution in [-0.2, 0) is 4.79 Å². The highest BCUT2D eigenvalue weighted by Crippen LogP contribution is 2.42. The van der Waals surface area contributed by atoms with Crippen molar-refractivity contribution in [1.82, 2.24) is 14.8 Å². The van der Waals surface area contributed by atoms with Gasteiger partial charge in [-0.2, -0.15) is 9.78 Å². The van der Waals surface area contributed by atoms with E-state index in [9.17, 15) is 9.59 Å². The Balaban J connectivity index is 1.42. The van der Waals surface area contributed by atoms with Crippen molar-refractivity contribution in [2.45, 2.75) is 6.92 Å². The van der Waals surface area contributed by atoms with Gasteiger partial charge in [0.1, 0.15) is 0 Å². The molecule has 0 aliphatic heterocycles. The van der Waals surface area contributed by atoms with Crippen molar-refractivity contribution in [2.24, 2.45) is 0 Å². The molecule has 1 amide bonds. The van der Waals surface area contributed by atoms with Gasteiger partial charge in [0.25, 0.3) is 5.91 Å². The van der Waals surface area contributed by atoms with Crippen molar-refractivity contribution in [3.63, 3.8) is 0 Å². The third-order valence-corrected chi connectivity index (χ3v) is 7.55. The molecule has 13 heteroatoms. The summed E-state index contributed by atoms with van der Waals surface area (Å²) in [6.07, 6.45) is 0. The first-order valence-electron chi connectivity index (χ1n) is 12.8. The van der Waals surface area contributed by atoms with E-state index in [-0.39, 0.29) is 12.5 Å². The van der Waals surface area contributed by atoms with Gasteiger partial charge in [-0.15, -0.1) is 0 Å². The minimum Gasteiger partial charge on any atom is -0.493 e. The van der Waals surface area contributed by atoms with Gasteiger partial charge in [0.05, 0.1) is 50.0 Å². The van der Waals surface area contributed by atoms with Gasteiger partial charge in [-0.25, -0.2) is 4.98 Å². The number of carbonyl (C=O) groups excluding carboxylic acids is 2. The molecule has 0 aliphatic rings. The summed E-state index contributed by atoms with van der Waals surface area (Å²) in [7, 11) is 6.06. The number of nitrogens with zero attached hydrogens (tertiary/aromatic N) is 3. The maximum Gasteiger partial charge on any atom is 0.264 e. The number of halogens is 1. The number of rotatable bonds is 10. The predicted octanol–water partition coefficient (Wildman–Crippen LogP) is 6.19. The van der Waals surface area contributed by atoms with Crippen LogP contribution in [0.15, 0.2) is 54.6 Å². The zero-order valence-electron chi connectivity index (χ0n) is 23.9. The van der Waals surface area contributed by atoms with E-state index in [2.05, 4.69) is 15.4 Å². The van der Waals surface area contributed by atoms with Gasteiger partial charge in [-0.3, -0.25) is 14.9 Å². The second kappa shape index (κ2) is 12.6. The van der Waals surface area contributed by atoms with Crippen LogP contribution in [0.4, 0.5) is 5.13 Å². The largest absolute Gasteiger partial charge is 0.493 e. The lowest BCUT2D eigenvalue weighted by Crippen LogP contribution is -2.20. The van der Waals surface area contributed by atoms with Crippen molar-refractivity contribution < 1.29 is 33.3 Å². The lowest BCUT2D eigenvalue weighted by atomic mass is 10.1. The van der Waals surface area contributed by atoms with Crippen LogP contribution in [0.3, 0.4) is 0 Å². The van der Waals surface area contributed by atoms with Crippen LogP contribution in [0, 0.1) is 0 Å². The van der Waals surface area contributed by atoms with E-state index < -0.39 is 5.91 Å². The van der Waals surface area contributed by atoms with Crippen molar-refractivity contribution in [1.29, 1.82) is 0 Å². The first kappa shape index (κ1) is 29.7. The highest BCUT2D eigenvalue weighted by Gasteiger charge is 2.20. The number of amides is 1. The number of anilines is 1. The fraction of sp³-hybridized carbons (Fsp3) is 0.200. The second-order valence-corrected chi connectivity index (χ2v) is 10.6. The number of benzene rings is 3. The van der Waals surface area contributed by atoms with Gasteiger partial charge in [0, 0.05) is 23.1 Å². The van der Waals surface area contributed by atoms with Crippen molar-refractivity contribution in [2.75, 3.05) is 40.4 Å². The van der Waals surface area contributed by atoms with Gasteiger partial charge in [0.15, 0.2) is 34.7 Å². The molecule has 0 atom stereocenters. The van der Waals surface area contributed by atoms with Crippen LogP contribution in [-0.4, -0.2) is 61.6 Å². The lowest BCUT2D eigenvalue weighted by Gasteiger charge is -2.13. The fourth-order valence-corrected chi connectivity index (χ4v) is 5.55. The monoisotopic (exact) mass is 622 g/mol. The molecule has 0 radical (unpaired) electrons. The quantitative estimate of drug-likeness (QED) is 0.194. The SMILES string of the molecule is COc1ccc(-c2cc(-c3cc(OC)c(OC)c(OC)c3)nn2C(C)=O)cc1OCC(=O)Nc1nc2ccc(Cl)cc2s1.